The van der Waals surface area contributed by atoms with Gasteiger partial charge in [-0.25, -0.2) is 4.98 Å². The molecule has 0 radical (unpaired) electrons. The van der Waals surface area contributed by atoms with Gasteiger partial charge in [0.05, 0.1) is 6.54 Å². The molecule has 2 atom stereocenters. The zero-order chi connectivity index (χ0) is 12.4. The zero-order valence-electron chi connectivity index (χ0n) is 11.1. The Labute approximate surface area is 109 Å². The van der Waals surface area contributed by atoms with Crippen LogP contribution in [-0.4, -0.2) is 34.1 Å². The second-order valence-electron chi connectivity index (χ2n) is 5.81. The number of hydrogen-bond donors (Lipinski definition) is 1. The topological polar surface area (TPSA) is 47.1 Å². The summed E-state index contributed by atoms with van der Waals surface area (Å²) in [5.41, 5.74) is 5.92. The molecule has 0 spiro atoms. The van der Waals surface area contributed by atoms with Gasteiger partial charge in [-0.15, -0.1) is 0 Å². The predicted octanol–water partition coefficient (Wildman–Crippen LogP) is 1.46. The number of hydrogen-bond acceptors (Lipinski definition) is 3. The molecule has 3 rings (SSSR count). The van der Waals surface area contributed by atoms with Crippen molar-refractivity contribution in [2.24, 2.45) is 17.6 Å². The molecule has 1 saturated carbocycles. The molecular formula is C14H24N4. The van der Waals surface area contributed by atoms with E-state index >= 15 is 0 Å². The maximum Gasteiger partial charge on any atom is 0.122 e. The molecule has 100 valence electrons. The Hall–Kier alpha value is -0.870. The van der Waals surface area contributed by atoms with Gasteiger partial charge in [0.1, 0.15) is 5.82 Å². The first-order valence-corrected chi connectivity index (χ1v) is 7.29. The van der Waals surface area contributed by atoms with Gasteiger partial charge in [-0.3, -0.25) is 4.90 Å². The summed E-state index contributed by atoms with van der Waals surface area (Å²) in [4.78, 5) is 7.01. The minimum Gasteiger partial charge on any atom is -0.333 e. The van der Waals surface area contributed by atoms with Gasteiger partial charge in [0, 0.05) is 32.0 Å². The Morgan fingerprint density at radius 3 is 2.89 bits per heavy atom. The summed E-state index contributed by atoms with van der Waals surface area (Å²) in [6.45, 7) is 5.36. The number of imidazole rings is 1. The third-order valence-corrected chi connectivity index (χ3v) is 4.69. The van der Waals surface area contributed by atoms with E-state index in [0.717, 1.165) is 38.0 Å². The summed E-state index contributed by atoms with van der Waals surface area (Å²) in [7, 11) is 0. The van der Waals surface area contributed by atoms with Crippen molar-refractivity contribution in [1.29, 1.82) is 0 Å². The highest BCUT2D eigenvalue weighted by Crippen LogP contribution is 2.30. The quantitative estimate of drug-likeness (QED) is 0.881. The van der Waals surface area contributed by atoms with Crippen LogP contribution in [0.4, 0.5) is 0 Å². The summed E-state index contributed by atoms with van der Waals surface area (Å²) in [5, 5.41) is 0. The SMILES string of the molecule is NCC1CCCCC1CN1CCn2ccnc2C1. The van der Waals surface area contributed by atoms with Crippen LogP contribution in [0.5, 0.6) is 0 Å². The molecular weight excluding hydrogens is 224 g/mol. The van der Waals surface area contributed by atoms with Crippen LogP contribution in [0.1, 0.15) is 31.5 Å². The van der Waals surface area contributed by atoms with Crippen LogP contribution in [-0.2, 0) is 13.1 Å². The summed E-state index contributed by atoms with van der Waals surface area (Å²) >= 11 is 0. The zero-order valence-corrected chi connectivity index (χ0v) is 11.1. The normalized spacial score (nSPS) is 29.2. The molecule has 1 aliphatic carbocycles. The van der Waals surface area contributed by atoms with Gasteiger partial charge in [0.2, 0.25) is 0 Å². The lowest BCUT2D eigenvalue weighted by molar-refractivity contribution is 0.130. The minimum atomic E-state index is 0.750. The Morgan fingerprint density at radius 2 is 2.06 bits per heavy atom. The largest absolute Gasteiger partial charge is 0.333 e. The monoisotopic (exact) mass is 248 g/mol. The molecule has 1 aliphatic heterocycles. The average molecular weight is 248 g/mol. The Kier molecular flexibility index (Phi) is 3.66. The smallest absolute Gasteiger partial charge is 0.122 e. The lowest BCUT2D eigenvalue weighted by atomic mass is 9.79. The molecule has 1 fully saturated rings. The number of nitrogens with two attached hydrogens (primary N) is 1. The van der Waals surface area contributed by atoms with E-state index < -0.39 is 0 Å². The van der Waals surface area contributed by atoms with E-state index in [1.165, 1.54) is 38.1 Å². The highest BCUT2D eigenvalue weighted by molar-refractivity contribution is 4.96. The van der Waals surface area contributed by atoms with E-state index in [1.54, 1.807) is 0 Å². The van der Waals surface area contributed by atoms with Crippen LogP contribution in [0.2, 0.25) is 0 Å². The molecule has 1 aromatic heterocycles. The van der Waals surface area contributed by atoms with Crippen molar-refractivity contribution in [2.75, 3.05) is 19.6 Å². The lowest BCUT2D eigenvalue weighted by Crippen LogP contribution is -2.40. The first kappa shape index (κ1) is 12.2. The number of fused-ring (bicyclic) bond motifs is 1. The van der Waals surface area contributed by atoms with Crippen molar-refractivity contribution in [3.63, 3.8) is 0 Å². The van der Waals surface area contributed by atoms with Gasteiger partial charge < -0.3 is 10.3 Å². The fourth-order valence-electron chi connectivity index (χ4n) is 3.55. The minimum absolute atomic E-state index is 0.750. The van der Waals surface area contributed by atoms with E-state index in [0.29, 0.717) is 0 Å². The van der Waals surface area contributed by atoms with Crippen LogP contribution < -0.4 is 5.73 Å². The highest BCUT2D eigenvalue weighted by Gasteiger charge is 2.27. The Bertz CT molecular complexity index is 387. The second-order valence-corrected chi connectivity index (χ2v) is 5.81. The summed E-state index contributed by atoms with van der Waals surface area (Å²) in [5.74, 6) is 2.78. The summed E-state index contributed by atoms with van der Waals surface area (Å²) < 4.78 is 2.28. The molecule has 0 bridgehead atoms. The van der Waals surface area contributed by atoms with E-state index in [1.807, 2.05) is 6.20 Å². The van der Waals surface area contributed by atoms with Crippen LogP contribution in [0.15, 0.2) is 12.4 Å². The van der Waals surface area contributed by atoms with Gasteiger partial charge in [-0.05, 0) is 31.2 Å². The average Bonchev–Trinajstić information content (AvgIpc) is 2.87. The van der Waals surface area contributed by atoms with E-state index in [4.69, 9.17) is 5.73 Å². The molecule has 0 saturated heterocycles. The third-order valence-electron chi connectivity index (χ3n) is 4.69. The maximum atomic E-state index is 5.92. The molecule has 0 amide bonds. The van der Waals surface area contributed by atoms with Gasteiger partial charge in [0.25, 0.3) is 0 Å². The first-order valence-electron chi connectivity index (χ1n) is 7.29. The number of rotatable bonds is 3. The molecule has 2 aliphatic rings. The Morgan fingerprint density at radius 1 is 1.22 bits per heavy atom. The first-order chi connectivity index (χ1) is 8.86. The van der Waals surface area contributed by atoms with Crippen molar-refractivity contribution in [3.8, 4) is 0 Å². The molecule has 4 heteroatoms. The van der Waals surface area contributed by atoms with Gasteiger partial charge in [-0.1, -0.05) is 12.8 Å². The molecule has 0 aromatic carbocycles. The fraction of sp³-hybridized carbons (Fsp3) is 0.786. The fourth-order valence-corrected chi connectivity index (χ4v) is 3.55. The predicted molar refractivity (Wildman–Crippen MR) is 72.0 cm³/mol. The van der Waals surface area contributed by atoms with Crippen LogP contribution in [0.25, 0.3) is 0 Å². The van der Waals surface area contributed by atoms with Crippen molar-refractivity contribution in [2.45, 2.75) is 38.8 Å². The molecule has 2 N–H and O–H groups in total. The maximum absolute atomic E-state index is 5.92. The van der Waals surface area contributed by atoms with Gasteiger partial charge in [0.15, 0.2) is 0 Å². The molecule has 18 heavy (non-hydrogen) atoms. The van der Waals surface area contributed by atoms with Crippen molar-refractivity contribution in [1.82, 2.24) is 14.5 Å². The third kappa shape index (κ3) is 2.45. The van der Waals surface area contributed by atoms with E-state index in [2.05, 4.69) is 20.6 Å². The van der Waals surface area contributed by atoms with Gasteiger partial charge >= 0.3 is 0 Å². The van der Waals surface area contributed by atoms with E-state index in [-0.39, 0.29) is 0 Å². The van der Waals surface area contributed by atoms with Crippen LogP contribution in [0.3, 0.4) is 0 Å². The highest BCUT2D eigenvalue weighted by atomic mass is 15.2. The summed E-state index contributed by atoms with van der Waals surface area (Å²) in [6, 6.07) is 0. The van der Waals surface area contributed by atoms with E-state index in [9.17, 15) is 0 Å². The molecule has 4 nitrogen and oxygen atoms in total. The van der Waals surface area contributed by atoms with Crippen molar-refractivity contribution >= 4 is 0 Å². The van der Waals surface area contributed by atoms with Crippen LogP contribution >= 0.6 is 0 Å². The number of nitrogens with zero attached hydrogens (tertiary/aromatic N) is 3. The standard InChI is InChI=1S/C14H24N4/c15-9-12-3-1-2-4-13(12)10-17-7-8-18-6-5-16-14(18)11-17/h5-6,12-13H,1-4,7-11,15H2. The Balaban J connectivity index is 1.60. The van der Waals surface area contributed by atoms with Gasteiger partial charge in [-0.2, -0.15) is 0 Å². The number of aromatic nitrogens is 2. The molecule has 1 aromatic rings. The molecule has 2 unspecified atom stereocenters. The van der Waals surface area contributed by atoms with Crippen molar-refractivity contribution in [3.05, 3.63) is 18.2 Å². The summed E-state index contributed by atoms with van der Waals surface area (Å²) in [6.07, 6.45) is 9.49. The second kappa shape index (κ2) is 5.41. The van der Waals surface area contributed by atoms with Crippen molar-refractivity contribution < 1.29 is 0 Å². The lowest BCUT2D eigenvalue weighted by Gasteiger charge is -2.36. The molecule has 2 heterocycles. The van der Waals surface area contributed by atoms with Crippen LogP contribution in [0, 0.1) is 11.8 Å².